The zero-order valence-electron chi connectivity index (χ0n) is 14.4. The van der Waals surface area contributed by atoms with Crippen molar-refractivity contribution in [3.05, 3.63) is 71.3 Å². The van der Waals surface area contributed by atoms with Crippen LogP contribution in [0.5, 0.6) is 0 Å². The first kappa shape index (κ1) is 17.8. The Labute approximate surface area is 151 Å². The van der Waals surface area contributed by atoms with Crippen molar-refractivity contribution in [3.8, 4) is 0 Å². The average molecular weight is 352 g/mol. The maximum atomic E-state index is 12.9. The van der Waals surface area contributed by atoms with E-state index in [1.807, 2.05) is 30.3 Å². The molecule has 2 unspecified atom stereocenters. The third kappa shape index (κ3) is 3.36. The van der Waals surface area contributed by atoms with Crippen LogP contribution in [0.4, 0.5) is 0 Å². The van der Waals surface area contributed by atoms with Crippen molar-refractivity contribution in [1.82, 2.24) is 4.90 Å². The number of imide groups is 1. The van der Waals surface area contributed by atoms with Gasteiger partial charge >= 0.3 is 5.97 Å². The van der Waals surface area contributed by atoms with Gasteiger partial charge in [-0.15, -0.1) is 0 Å². The molecule has 26 heavy (non-hydrogen) atoms. The molecule has 3 rings (SSSR count). The summed E-state index contributed by atoms with van der Waals surface area (Å²) < 4.78 is 5.33. The second kappa shape index (κ2) is 7.49. The van der Waals surface area contributed by atoms with Gasteiger partial charge in [0.15, 0.2) is 0 Å². The molecule has 2 aromatic rings. The molecule has 134 valence electrons. The topological polar surface area (TPSA) is 89.7 Å². The van der Waals surface area contributed by atoms with E-state index in [0.717, 1.165) is 5.56 Å². The van der Waals surface area contributed by atoms with Gasteiger partial charge in [-0.3, -0.25) is 19.3 Å². The lowest BCUT2D eigenvalue weighted by atomic mass is 9.99. The number of carbonyl (C=O) groups is 3. The molecular formula is C20H20N2O4. The molecule has 2 amide bonds. The van der Waals surface area contributed by atoms with Gasteiger partial charge in [0.2, 0.25) is 0 Å². The smallest absolute Gasteiger partial charge is 0.303 e. The lowest BCUT2D eigenvalue weighted by Crippen LogP contribution is -2.52. The normalized spacial score (nSPS) is 15.5. The zero-order chi connectivity index (χ0) is 18.7. The standard InChI is InChI=1S/C20H20N2O4/c1-13(23)26-18(12-21)17(11-14-7-3-2-4-8-14)22-19(24)15-9-5-6-10-16(15)20(22)25/h2-10,17-18H,11-12,21H2,1H3. The Kier molecular flexibility index (Phi) is 5.14. The summed E-state index contributed by atoms with van der Waals surface area (Å²) in [6, 6.07) is 15.4. The van der Waals surface area contributed by atoms with Crippen LogP contribution in [0.1, 0.15) is 33.2 Å². The minimum Gasteiger partial charge on any atom is -0.459 e. The van der Waals surface area contributed by atoms with Gasteiger partial charge in [-0.1, -0.05) is 42.5 Å². The van der Waals surface area contributed by atoms with Crippen LogP contribution in [0.15, 0.2) is 54.6 Å². The van der Waals surface area contributed by atoms with E-state index in [-0.39, 0.29) is 6.54 Å². The quantitative estimate of drug-likeness (QED) is 0.632. The van der Waals surface area contributed by atoms with Gasteiger partial charge in [0, 0.05) is 13.5 Å². The number of fused-ring (bicyclic) bond motifs is 1. The van der Waals surface area contributed by atoms with Gasteiger partial charge in [0.25, 0.3) is 11.8 Å². The SMILES string of the molecule is CC(=O)OC(CN)C(Cc1ccccc1)N1C(=O)c2ccccc2C1=O. The maximum Gasteiger partial charge on any atom is 0.303 e. The Morgan fingerprint density at radius 2 is 1.54 bits per heavy atom. The van der Waals surface area contributed by atoms with Crippen LogP contribution >= 0.6 is 0 Å². The predicted molar refractivity (Wildman–Crippen MR) is 95.5 cm³/mol. The Morgan fingerprint density at radius 3 is 2.04 bits per heavy atom. The van der Waals surface area contributed by atoms with Crippen LogP contribution in [0.2, 0.25) is 0 Å². The Balaban J connectivity index is 1.99. The van der Waals surface area contributed by atoms with Gasteiger partial charge in [-0.05, 0) is 24.1 Å². The summed E-state index contributed by atoms with van der Waals surface area (Å²) in [5.74, 6) is -1.29. The van der Waals surface area contributed by atoms with Crippen molar-refractivity contribution in [2.45, 2.75) is 25.5 Å². The van der Waals surface area contributed by atoms with Crippen molar-refractivity contribution in [2.75, 3.05) is 6.54 Å². The van der Waals surface area contributed by atoms with Crippen molar-refractivity contribution in [3.63, 3.8) is 0 Å². The lowest BCUT2D eigenvalue weighted by molar-refractivity contribution is -0.148. The van der Waals surface area contributed by atoms with Crippen molar-refractivity contribution in [1.29, 1.82) is 0 Å². The molecule has 1 aliphatic rings. The summed E-state index contributed by atoms with van der Waals surface area (Å²) >= 11 is 0. The largest absolute Gasteiger partial charge is 0.459 e. The third-order valence-electron chi connectivity index (χ3n) is 4.42. The lowest BCUT2D eigenvalue weighted by Gasteiger charge is -2.32. The fraction of sp³-hybridized carbons (Fsp3) is 0.250. The number of esters is 1. The molecule has 6 heteroatoms. The van der Waals surface area contributed by atoms with Crippen LogP contribution in [0, 0.1) is 0 Å². The van der Waals surface area contributed by atoms with Gasteiger partial charge < -0.3 is 10.5 Å². The van der Waals surface area contributed by atoms with E-state index >= 15 is 0 Å². The summed E-state index contributed by atoms with van der Waals surface area (Å²) in [6.45, 7) is 1.29. The Bertz CT molecular complexity index is 800. The third-order valence-corrected chi connectivity index (χ3v) is 4.42. The summed E-state index contributed by atoms with van der Waals surface area (Å²) in [5, 5.41) is 0. The first-order valence-corrected chi connectivity index (χ1v) is 8.41. The molecule has 1 heterocycles. The van der Waals surface area contributed by atoms with E-state index in [1.165, 1.54) is 11.8 Å². The van der Waals surface area contributed by atoms with Gasteiger partial charge in [-0.25, -0.2) is 0 Å². The van der Waals surface area contributed by atoms with Crippen molar-refractivity contribution >= 4 is 17.8 Å². The minimum absolute atomic E-state index is 0.00445. The van der Waals surface area contributed by atoms with Gasteiger partial charge in [0.05, 0.1) is 17.2 Å². The van der Waals surface area contributed by atoms with E-state index in [1.54, 1.807) is 24.3 Å². The number of hydrogen-bond acceptors (Lipinski definition) is 5. The Morgan fingerprint density at radius 1 is 1.00 bits per heavy atom. The summed E-state index contributed by atoms with van der Waals surface area (Å²) in [7, 11) is 0. The molecule has 0 spiro atoms. The van der Waals surface area contributed by atoms with E-state index in [0.29, 0.717) is 17.5 Å². The number of carbonyl (C=O) groups excluding carboxylic acids is 3. The first-order chi connectivity index (χ1) is 12.5. The number of nitrogens with two attached hydrogens (primary N) is 1. The zero-order valence-corrected chi connectivity index (χ0v) is 14.4. The highest BCUT2D eigenvalue weighted by Gasteiger charge is 2.43. The van der Waals surface area contributed by atoms with Gasteiger partial charge in [-0.2, -0.15) is 0 Å². The predicted octanol–water partition coefficient (Wildman–Crippen LogP) is 1.78. The highest BCUT2D eigenvalue weighted by molar-refractivity contribution is 6.21. The molecule has 6 nitrogen and oxygen atoms in total. The second-order valence-corrected chi connectivity index (χ2v) is 6.17. The molecule has 0 aromatic heterocycles. The molecule has 2 atom stereocenters. The molecule has 2 N–H and O–H groups in total. The van der Waals surface area contributed by atoms with E-state index < -0.39 is 29.9 Å². The minimum atomic E-state index is -0.782. The number of hydrogen-bond donors (Lipinski definition) is 1. The molecule has 0 saturated carbocycles. The molecule has 0 fully saturated rings. The summed E-state index contributed by atoms with van der Waals surface area (Å²) in [6.07, 6.45) is -0.434. The number of rotatable bonds is 6. The average Bonchev–Trinajstić information content (AvgIpc) is 2.90. The van der Waals surface area contributed by atoms with E-state index in [2.05, 4.69) is 0 Å². The molecule has 1 aliphatic heterocycles. The Hall–Kier alpha value is -2.99. The van der Waals surface area contributed by atoms with Crippen molar-refractivity contribution in [2.24, 2.45) is 5.73 Å². The first-order valence-electron chi connectivity index (χ1n) is 8.41. The molecule has 0 bridgehead atoms. The number of ether oxygens (including phenoxy) is 1. The molecule has 2 aromatic carbocycles. The number of amides is 2. The fourth-order valence-corrected chi connectivity index (χ4v) is 3.25. The van der Waals surface area contributed by atoms with Gasteiger partial charge in [0.1, 0.15) is 6.10 Å². The fourth-order valence-electron chi connectivity index (χ4n) is 3.25. The van der Waals surface area contributed by atoms with E-state index in [9.17, 15) is 14.4 Å². The highest BCUT2D eigenvalue weighted by atomic mass is 16.5. The molecule has 0 aliphatic carbocycles. The van der Waals surface area contributed by atoms with Crippen LogP contribution in [-0.4, -0.2) is 41.4 Å². The molecule has 0 saturated heterocycles. The van der Waals surface area contributed by atoms with Crippen LogP contribution in [-0.2, 0) is 16.0 Å². The van der Waals surface area contributed by atoms with Crippen molar-refractivity contribution < 1.29 is 19.1 Å². The van der Waals surface area contributed by atoms with Crippen LogP contribution < -0.4 is 5.73 Å². The van der Waals surface area contributed by atoms with Crippen LogP contribution in [0.3, 0.4) is 0 Å². The highest BCUT2D eigenvalue weighted by Crippen LogP contribution is 2.27. The van der Waals surface area contributed by atoms with E-state index in [4.69, 9.17) is 10.5 Å². The second-order valence-electron chi connectivity index (χ2n) is 6.17. The molecular weight excluding hydrogens is 332 g/mol. The maximum absolute atomic E-state index is 12.9. The number of nitrogens with zero attached hydrogens (tertiary/aromatic N) is 1. The summed E-state index contributed by atoms with van der Waals surface area (Å²) in [5.41, 5.74) is 7.44. The molecule has 0 radical (unpaired) electrons. The van der Waals surface area contributed by atoms with Crippen LogP contribution in [0.25, 0.3) is 0 Å². The monoisotopic (exact) mass is 352 g/mol. The summed E-state index contributed by atoms with van der Waals surface area (Å²) in [4.78, 5) is 38.4. The number of benzene rings is 2.